The minimum absolute atomic E-state index is 0.00591. The normalized spacial score (nSPS) is 18.3. The highest BCUT2D eigenvalue weighted by Gasteiger charge is 2.30. The number of carbonyl (C=O) groups is 1. The van der Waals surface area contributed by atoms with Gasteiger partial charge in [-0.15, -0.1) is 0 Å². The van der Waals surface area contributed by atoms with Gasteiger partial charge in [0.15, 0.2) is 0 Å². The molecule has 2 fully saturated rings. The zero-order valence-corrected chi connectivity index (χ0v) is 17.4. The lowest BCUT2D eigenvalue weighted by Crippen LogP contribution is -2.36. The summed E-state index contributed by atoms with van der Waals surface area (Å²) in [4.78, 5) is 24.0. The van der Waals surface area contributed by atoms with Gasteiger partial charge >= 0.3 is 6.18 Å². The number of hydrogen-bond donors (Lipinski definition) is 0. The second-order valence-electron chi connectivity index (χ2n) is 8.19. The van der Waals surface area contributed by atoms with E-state index in [2.05, 4.69) is 14.8 Å². The monoisotopic (exact) mass is 432 g/mol. The summed E-state index contributed by atoms with van der Waals surface area (Å²) in [6.07, 6.45) is 0.478. The van der Waals surface area contributed by atoms with Crippen molar-refractivity contribution in [3.8, 4) is 0 Å². The average Bonchev–Trinajstić information content (AvgIpc) is 3.20. The van der Waals surface area contributed by atoms with Crippen molar-refractivity contribution < 1.29 is 18.0 Å². The molecule has 4 rings (SSSR count). The Morgan fingerprint density at radius 3 is 2.35 bits per heavy atom. The molecule has 8 heteroatoms. The van der Waals surface area contributed by atoms with E-state index in [-0.39, 0.29) is 5.91 Å². The maximum atomic E-state index is 13.3. The Bertz CT molecular complexity index is 894. The zero-order valence-electron chi connectivity index (χ0n) is 17.4. The first-order valence-electron chi connectivity index (χ1n) is 10.8. The fraction of sp³-hybridized carbons (Fsp3) is 0.478. The van der Waals surface area contributed by atoms with Crippen molar-refractivity contribution in [3.63, 3.8) is 0 Å². The molecule has 0 unspecified atom stereocenters. The number of anilines is 1. The highest BCUT2D eigenvalue weighted by atomic mass is 19.4. The number of benzene rings is 1. The van der Waals surface area contributed by atoms with Crippen LogP contribution in [0.3, 0.4) is 0 Å². The lowest BCUT2D eigenvalue weighted by Gasteiger charge is -2.25. The van der Waals surface area contributed by atoms with E-state index in [1.165, 1.54) is 12.1 Å². The van der Waals surface area contributed by atoms with Crippen LogP contribution in [-0.2, 0) is 12.7 Å². The van der Waals surface area contributed by atoms with E-state index in [4.69, 9.17) is 0 Å². The van der Waals surface area contributed by atoms with Gasteiger partial charge in [-0.25, -0.2) is 4.98 Å². The Morgan fingerprint density at radius 2 is 1.65 bits per heavy atom. The molecule has 1 aromatic heterocycles. The molecule has 0 N–H and O–H groups in total. The third kappa shape index (κ3) is 5.18. The Hall–Kier alpha value is -2.61. The summed E-state index contributed by atoms with van der Waals surface area (Å²) in [6.45, 7) is 5.18. The van der Waals surface area contributed by atoms with Gasteiger partial charge in [0, 0.05) is 52.0 Å². The number of halogens is 3. The lowest BCUT2D eigenvalue weighted by atomic mass is 10.1. The third-order valence-electron chi connectivity index (χ3n) is 5.99. The molecular weight excluding hydrogens is 405 g/mol. The topological polar surface area (TPSA) is 39.7 Å². The summed E-state index contributed by atoms with van der Waals surface area (Å²) in [7, 11) is 0. The van der Waals surface area contributed by atoms with Gasteiger partial charge in [0.2, 0.25) is 0 Å². The summed E-state index contributed by atoms with van der Waals surface area (Å²) < 4.78 is 38.3. The van der Waals surface area contributed by atoms with Crippen molar-refractivity contribution in [2.24, 2.45) is 0 Å². The summed E-state index contributed by atoms with van der Waals surface area (Å²) >= 11 is 0. The van der Waals surface area contributed by atoms with Crippen molar-refractivity contribution in [2.75, 3.05) is 44.2 Å². The fourth-order valence-corrected chi connectivity index (χ4v) is 4.30. The smallest absolute Gasteiger partial charge is 0.356 e. The maximum absolute atomic E-state index is 13.3. The van der Waals surface area contributed by atoms with Gasteiger partial charge in [-0.1, -0.05) is 12.1 Å². The number of hydrogen-bond acceptors (Lipinski definition) is 4. The van der Waals surface area contributed by atoms with Crippen LogP contribution < -0.4 is 4.90 Å². The molecule has 1 amide bonds. The first kappa shape index (κ1) is 21.6. The van der Waals surface area contributed by atoms with Gasteiger partial charge < -0.3 is 9.80 Å². The SMILES string of the molecule is O=C(c1cccnc1N1CCCC1)N1CCCN(Cc2ccc(C(F)(F)F)cc2)CC1. The highest BCUT2D eigenvalue weighted by molar-refractivity contribution is 5.99. The molecule has 0 atom stereocenters. The first-order chi connectivity index (χ1) is 14.9. The van der Waals surface area contributed by atoms with Crippen LogP contribution in [0, 0.1) is 0 Å². The Morgan fingerprint density at radius 1 is 0.903 bits per heavy atom. The molecule has 3 heterocycles. The van der Waals surface area contributed by atoms with Crippen molar-refractivity contribution in [2.45, 2.75) is 32.0 Å². The van der Waals surface area contributed by atoms with Crippen LogP contribution in [-0.4, -0.2) is 60.0 Å². The highest BCUT2D eigenvalue weighted by Crippen LogP contribution is 2.29. The van der Waals surface area contributed by atoms with Crippen LogP contribution in [0.25, 0.3) is 0 Å². The van der Waals surface area contributed by atoms with Crippen molar-refractivity contribution in [3.05, 3.63) is 59.3 Å². The second-order valence-corrected chi connectivity index (χ2v) is 8.19. The van der Waals surface area contributed by atoms with Crippen molar-refractivity contribution >= 4 is 11.7 Å². The zero-order chi connectivity index (χ0) is 21.8. The van der Waals surface area contributed by atoms with E-state index in [1.54, 1.807) is 6.20 Å². The van der Waals surface area contributed by atoms with Gasteiger partial charge in [-0.05, 0) is 49.1 Å². The van der Waals surface area contributed by atoms with Crippen molar-refractivity contribution in [1.82, 2.24) is 14.8 Å². The minimum atomic E-state index is -4.32. The predicted octanol–water partition coefficient (Wildman–Crippen LogP) is 4.05. The number of alkyl halides is 3. The molecule has 0 bridgehead atoms. The molecule has 0 aliphatic carbocycles. The Kier molecular flexibility index (Phi) is 6.46. The largest absolute Gasteiger partial charge is 0.416 e. The lowest BCUT2D eigenvalue weighted by molar-refractivity contribution is -0.137. The Balaban J connectivity index is 1.39. The second kappa shape index (κ2) is 9.26. The predicted molar refractivity (Wildman–Crippen MR) is 113 cm³/mol. The van der Waals surface area contributed by atoms with E-state index < -0.39 is 11.7 Å². The molecule has 2 saturated heterocycles. The molecular formula is C23H27F3N4O. The van der Waals surface area contributed by atoms with Crippen LogP contribution in [0.4, 0.5) is 19.0 Å². The molecule has 1 aromatic carbocycles. The van der Waals surface area contributed by atoms with Gasteiger partial charge in [0.25, 0.3) is 5.91 Å². The summed E-state index contributed by atoms with van der Waals surface area (Å²) in [5, 5.41) is 0. The number of amides is 1. The maximum Gasteiger partial charge on any atom is 0.416 e. The van der Waals surface area contributed by atoms with E-state index in [9.17, 15) is 18.0 Å². The number of rotatable bonds is 4. The van der Waals surface area contributed by atoms with E-state index in [1.807, 2.05) is 17.0 Å². The quantitative estimate of drug-likeness (QED) is 0.731. The summed E-state index contributed by atoms with van der Waals surface area (Å²) in [5.41, 5.74) is 0.867. The standard InChI is InChI=1S/C23H27F3N4O/c24-23(25,26)19-8-6-18(7-9-19)17-28-11-4-14-30(16-15-28)22(31)20-5-3-10-27-21(20)29-12-1-2-13-29/h3,5-10H,1-2,4,11-17H2. The molecule has 0 saturated carbocycles. The summed E-state index contributed by atoms with van der Waals surface area (Å²) in [6, 6.07) is 9.00. The van der Waals surface area contributed by atoms with Gasteiger partial charge in [-0.2, -0.15) is 13.2 Å². The molecule has 2 aliphatic rings. The van der Waals surface area contributed by atoms with E-state index in [0.29, 0.717) is 31.7 Å². The summed E-state index contributed by atoms with van der Waals surface area (Å²) in [5.74, 6) is 0.780. The van der Waals surface area contributed by atoms with Gasteiger partial charge in [-0.3, -0.25) is 9.69 Å². The fourth-order valence-electron chi connectivity index (χ4n) is 4.30. The van der Waals surface area contributed by atoms with E-state index >= 15 is 0 Å². The van der Waals surface area contributed by atoms with Crippen LogP contribution in [0.2, 0.25) is 0 Å². The minimum Gasteiger partial charge on any atom is -0.356 e. The molecule has 0 spiro atoms. The van der Waals surface area contributed by atoms with Crippen LogP contribution in [0.1, 0.15) is 40.7 Å². The first-order valence-corrected chi connectivity index (χ1v) is 10.8. The number of carbonyl (C=O) groups excluding carboxylic acids is 1. The third-order valence-corrected chi connectivity index (χ3v) is 5.99. The van der Waals surface area contributed by atoms with Gasteiger partial charge in [0.05, 0.1) is 11.1 Å². The Labute approximate surface area is 180 Å². The molecule has 2 aliphatic heterocycles. The average molecular weight is 432 g/mol. The molecule has 31 heavy (non-hydrogen) atoms. The number of pyridine rings is 1. The molecule has 2 aromatic rings. The van der Waals surface area contributed by atoms with Gasteiger partial charge in [0.1, 0.15) is 5.82 Å². The van der Waals surface area contributed by atoms with Crippen LogP contribution in [0.15, 0.2) is 42.6 Å². The molecule has 166 valence electrons. The van der Waals surface area contributed by atoms with E-state index in [0.717, 1.165) is 62.4 Å². The molecule has 5 nitrogen and oxygen atoms in total. The number of aromatic nitrogens is 1. The number of nitrogens with zero attached hydrogens (tertiary/aromatic N) is 4. The molecule has 0 radical (unpaired) electrons. The van der Waals surface area contributed by atoms with Crippen molar-refractivity contribution in [1.29, 1.82) is 0 Å². The van der Waals surface area contributed by atoms with Crippen LogP contribution in [0.5, 0.6) is 0 Å². The van der Waals surface area contributed by atoms with Crippen LogP contribution >= 0.6 is 0 Å².